The van der Waals surface area contributed by atoms with E-state index in [0.717, 1.165) is 24.4 Å². The second-order valence-corrected chi connectivity index (χ2v) is 4.68. The van der Waals surface area contributed by atoms with E-state index in [9.17, 15) is 0 Å². The van der Waals surface area contributed by atoms with Crippen LogP contribution in [-0.2, 0) is 0 Å². The molecule has 3 heterocycles. The van der Waals surface area contributed by atoms with E-state index in [1.807, 2.05) is 12.1 Å². The lowest BCUT2D eigenvalue weighted by Crippen LogP contribution is -2.29. The average molecular weight is 244 g/mol. The largest absolute Gasteiger partial charge is 0.337 e. The molecule has 0 amide bonds. The zero-order valence-corrected chi connectivity index (χ0v) is 10.4. The first-order valence-electron chi connectivity index (χ1n) is 6.29. The zero-order chi connectivity index (χ0) is 12.4. The molecule has 5 heteroatoms. The predicted molar refractivity (Wildman–Crippen MR) is 66.8 cm³/mol. The van der Waals surface area contributed by atoms with Gasteiger partial charge in [0.15, 0.2) is 0 Å². The molecule has 5 nitrogen and oxygen atoms in total. The molecule has 0 bridgehead atoms. The van der Waals surface area contributed by atoms with Crippen molar-refractivity contribution in [2.24, 2.45) is 0 Å². The normalized spacial score (nSPS) is 21.1. The summed E-state index contributed by atoms with van der Waals surface area (Å²) in [4.78, 5) is 10.8. The molecule has 1 fully saturated rings. The van der Waals surface area contributed by atoms with E-state index >= 15 is 0 Å². The van der Waals surface area contributed by atoms with E-state index in [4.69, 9.17) is 4.52 Å². The third-order valence-electron chi connectivity index (χ3n) is 3.44. The first-order valence-corrected chi connectivity index (χ1v) is 6.29. The molecule has 1 saturated heterocycles. The molecule has 0 radical (unpaired) electrons. The molecule has 0 spiro atoms. The lowest BCUT2D eigenvalue weighted by Gasteiger charge is -2.29. The quantitative estimate of drug-likeness (QED) is 0.811. The van der Waals surface area contributed by atoms with Crippen LogP contribution < -0.4 is 0 Å². The monoisotopic (exact) mass is 244 g/mol. The van der Waals surface area contributed by atoms with Crippen LogP contribution in [0.5, 0.6) is 0 Å². The van der Waals surface area contributed by atoms with Crippen molar-refractivity contribution < 1.29 is 4.52 Å². The minimum absolute atomic E-state index is 0.266. The van der Waals surface area contributed by atoms with Crippen LogP contribution in [0.4, 0.5) is 0 Å². The maximum Gasteiger partial charge on any atom is 0.244 e. The Morgan fingerprint density at radius 1 is 1.28 bits per heavy atom. The summed E-state index contributed by atoms with van der Waals surface area (Å²) in [5, 5.41) is 4.06. The van der Waals surface area contributed by atoms with E-state index in [0.29, 0.717) is 5.82 Å². The molecule has 94 valence electrons. The minimum atomic E-state index is 0.266. The van der Waals surface area contributed by atoms with Crippen molar-refractivity contribution in [3.63, 3.8) is 0 Å². The van der Waals surface area contributed by atoms with Gasteiger partial charge >= 0.3 is 0 Å². The number of rotatable bonds is 2. The van der Waals surface area contributed by atoms with Gasteiger partial charge in [-0.3, -0.25) is 9.88 Å². The number of likely N-dealkylation sites (tertiary alicyclic amines) is 1. The molecular weight excluding hydrogens is 228 g/mol. The molecule has 0 saturated carbocycles. The van der Waals surface area contributed by atoms with Crippen LogP contribution in [-0.4, -0.2) is 33.6 Å². The van der Waals surface area contributed by atoms with Gasteiger partial charge in [-0.1, -0.05) is 11.6 Å². The second kappa shape index (κ2) is 4.86. The number of aromatic nitrogens is 3. The van der Waals surface area contributed by atoms with E-state index in [1.54, 1.807) is 12.4 Å². The van der Waals surface area contributed by atoms with Crippen molar-refractivity contribution >= 4 is 0 Å². The Morgan fingerprint density at radius 2 is 2.11 bits per heavy atom. The van der Waals surface area contributed by atoms with Crippen molar-refractivity contribution in [2.45, 2.75) is 25.3 Å². The van der Waals surface area contributed by atoms with E-state index < -0.39 is 0 Å². The highest BCUT2D eigenvalue weighted by molar-refractivity contribution is 5.52. The third kappa shape index (κ3) is 2.13. The number of pyridine rings is 1. The van der Waals surface area contributed by atoms with Crippen LogP contribution >= 0.6 is 0 Å². The van der Waals surface area contributed by atoms with E-state index in [2.05, 4.69) is 27.1 Å². The van der Waals surface area contributed by atoms with Gasteiger partial charge in [0.1, 0.15) is 0 Å². The summed E-state index contributed by atoms with van der Waals surface area (Å²) in [6.07, 6.45) is 7.03. The van der Waals surface area contributed by atoms with Crippen molar-refractivity contribution in [1.29, 1.82) is 0 Å². The van der Waals surface area contributed by atoms with Crippen LogP contribution in [0.3, 0.4) is 0 Å². The van der Waals surface area contributed by atoms with Gasteiger partial charge in [-0.15, -0.1) is 0 Å². The molecule has 3 rings (SSSR count). The molecule has 1 aliphatic heterocycles. The summed E-state index contributed by atoms with van der Waals surface area (Å²) in [5.41, 5.74) is 0.943. The van der Waals surface area contributed by atoms with E-state index in [-0.39, 0.29) is 6.04 Å². The van der Waals surface area contributed by atoms with Crippen LogP contribution in [0.2, 0.25) is 0 Å². The molecule has 1 atom stereocenters. The van der Waals surface area contributed by atoms with Gasteiger partial charge in [-0.2, -0.15) is 4.98 Å². The van der Waals surface area contributed by atoms with Gasteiger partial charge in [0.05, 0.1) is 6.04 Å². The fourth-order valence-corrected chi connectivity index (χ4v) is 2.38. The Labute approximate surface area is 106 Å². The molecule has 2 aromatic rings. The van der Waals surface area contributed by atoms with Crippen LogP contribution in [0.1, 0.15) is 31.2 Å². The number of nitrogens with zero attached hydrogens (tertiary/aromatic N) is 4. The Kier molecular flexibility index (Phi) is 3.06. The summed E-state index contributed by atoms with van der Waals surface area (Å²) >= 11 is 0. The first-order chi connectivity index (χ1) is 8.84. The Morgan fingerprint density at radius 3 is 2.89 bits per heavy atom. The standard InChI is InChI=1S/C13H16N4O/c1-17-9-3-2-4-11(17)13-15-12(16-18-13)10-5-7-14-8-6-10/h5-8,11H,2-4,9H2,1H3. The lowest BCUT2D eigenvalue weighted by atomic mass is 10.0. The molecule has 1 aliphatic rings. The Hall–Kier alpha value is -1.75. The molecule has 0 aromatic carbocycles. The number of piperidine rings is 1. The average Bonchev–Trinajstić information content (AvgIpc) is 2.90. The summed E-state index contributed by atoms with van der Waals surface area (Å²) in [5.74, 6) is 1.37. The Balaban J connectivity index is 1.85. The van der Waals surface area contributed by atoms with Crippen molar-refractivity contribution in [3.05, 3.63) is 30.4 Å². The molecule has 18 heavy (non-hydrogen) atoms. The zero-order valence-electron chi connectivity index (χ0n) is 10.4. The smallest absolute Gasteiger partial charge is 0.244 e. The van der Waals surface area contributed by atoms with Gasteiger partial charge in [-0.25, -0.2) is 0 Å². The van der Waals surface area contributed by atoms with Crippen molar-refractivity contribution in [2.75, 3.05) is 13.6 Å². The van der Waals surface area contributed by atoms with Gasteiger partial charge in [-0.05, 0) is 38.6 Å². The fraction of sp³-hybridized carbons (Fsp3) is 0.462. The van der Waals surface area contributed by atoms with Gasteiger partial charge in [0.2, 0.25) is 11.7 Å². The maximum atomic E-state index is 5.41. The molecule has 0 aliphatic carbocycles. The van der Waals surface area contributed by atoms with Crippen molar-refractivity contribution in [3.8, 4) is 11.4 Å². The topological polar surface area (TPSA) is 55.1 Å². The predicted octanol–water partition coefficient (Wildman–Crippen LogP) is 2.29. The minimum Gasteiger partial charge on any atom is -0.337 e. The highest BCUT2D eigenvalue weighted by atomic mass is 16.5. The van der Waals surface area contributed by atoms with Crippen LogP contribution in [0.15, 0.2) is 29.0 Å². The third-order valence-corrected chi connectivity index (χ3v) is 3.44. The van der Waals surface area contributed by atoms with Gasteiger partial charge in [0, 0.05) is 18.0 Å². The van der Waals surface area contributed by atoms with Crippen LogP contribution in [0.25, 0.3) is 11.4 Å². The highest BCUT2D eigenvalue weighted by Gasteiger charge is 2.26. The van der Waals surface area contributed by atoms with Crippen molar-refractivity contribution in [1.82, 2.24) is 20.0 Å². The second-order valence-electron chi connectivity index (χ2n) is 4.68. The Bertz CT molecular complexity index is 511. The summed E-state index contributed by atoms with van der Waals surface area (Å²) in [7, 11) is 2.11. The fourth-order valence-electron chi connectivity index (χ4n) is 2.38. The first kappa shape index (κ1) is 11.3. The van der Waals surface area contributed by atoms with Gasteiger partial charge < -0.3 is 4.52 Å². The summed E-state index contributed by atoms with van der Waals surface area (Å²) < 4.78 is 5.41. The molecular formula is C13H16N4O. The molecule has 2 aromatic heterocycles. The lowest BCUT2D eigenvalue weighted by molar-refractivity contribution is 0.150. The van der Waals surface area contributed by atoms with Gasteiger partial charge in [0.25, 0.3) is 0 Å². The SMILES string of the molecule is CN1CCCCC1c1nc(-c2ccncc2)no1. The summed E-state index contributed by atoms with van der Waals surface area (Å²) in [6, 6.07) is 4.04. The number of hydrogen-bond donors (Lipinski definition) is 0. The molecule has 0 N–H and O–H groups in total. The summed E-state index contributed by atoms with van der Waals surface area (Å²) in [6.45, 7) is 1.09. The van der Waals surface area contributed by atoms with E-state index in [1.165, 1.54) is 12.8 Å². The highest BCUT2D eigenvalue weighted by Crippen LogP contribution is 2.29. The molecule has 1 unspecified atom stereocenters. The van der Waals surface area contributed by atoms with Crippen LogP contribution in [0, 0.1) is 0 Å². The number of hydrogen-bond acceptors (Lipinski definition) is 5. The maximum absolute atomic E-state index is 5.41.